The van der Waals surface area contributed by atoms with E-state index >= 15 is 0 Å². The number of hydrogen-bond donors (Lipinski definition) is 2. The fourth-order valence-corrected chi connectivity index (χ4v) is 1.61. The van der Waals surface area contributed by atoms with Crippen molar-refractivity contribution in [2.24, 2.45) is 0 Å². The van der Waals surface area contributed by atoms with E-state index in [1.165, 1.54) is 12.1 Å². The lowest BCUT2D eigenvalue weighted by molar-refractivity contribution is 0.0106. The molecule has 1 aromatic rings. The predicted octanol–water partition coefficient (Wildman–Crippen LogP) is 3.45. The summed E-state index contributed by atoms with van der Waals surface area (Å²) in [6.07, 6.45) is 0.695. The third kappa shape index (κ3) is 7.66. The molecule has 112 valence electrons. The van der Waals surface area contributed by atoms with E-state index in [4.69, 9.17) is 0 Å². The number of benzene rings is 1. The number of amides is 2. The molecule has 1 rings (SSSR count). The molecule has 0 fully saturated rings. The average molecular weight is 288 g/mol. The van der Waals surface area contributed by atoms with E-state index < -0.39 is 5.92 Å². The Kier molecular flexibility index (Phi) is 6.35. The number of rotatable bonds is 7. The van der Waals surface area contributed by atoms with Crippen molar-refractivity contribution in [1.82, 2.24) is 10.6 Å². The quantitative estimate of drug-likeness (QED) is 0.741. The Bertz CT molecular complexity index is 415. The highest BCUT2D eigenvalue weighted by molar-refractivity contribution is 5.73. The van der Waals surface area contributed by atoms with E-state index in [1.54, 1.807) is 12.1 Å². The Morgan fingerprint density at radius 3 is 2.40 bits per heavy atom. The molecule has 0 atom stereocenters. The molecule has 0 spiro atoms. The second-order valence-corrected chi connectivity index (χ2v) is 4.76. The lowest BCUT2D eigenvalue weighted by atomic mass is 10.1. The highest BCUT2D eigenvalue weighted by Crippen LogP contribution is 2.19. The zero-order chi connectivity index (χ0) is 15.0. The molecule has 0 bridgehead atoms. The minimum Gasteiger partial charge on any atom is -0.338 e. The zero-order valence-corrected chi connectivity index (χ0v) is 11.4. The monoisotopic (exact) mass is 288 g/mol. The van der Waals surface area contributed by atoms with Crippen molar-refractivity contribution in [1.29, 1.82) is 0 Å². The fourth-order valence-electron chi connectivity index (χ4n) is 1.61. The first-order valence-corrected chi connectivity index (χ1v) is 6.51. The maximum atomic E-state index is 12.7. The summed E-state index contributed by atoms with van der Waals surface area (Å²) in [5.41, 5.74) is 0.784. The zero-order valence-electron chi connectivity index (χ0n) is 11.4. The van der Waals surface area contributed by atoms with Gasteiger partial charge in [0.1, 0.15) is 5.82 Å². The summed E-state index contributed by atoms with van der Waals surface area (Å²) in [6, 6.07) is 5.44. The smallest absolute Gasteiger partial charge is 0.315 e. The van der Waals surface area contributed by atoms with Crippen LogP contribution in [0.2, 0.25) is 0 Å². The molecule has 0 aliphatic rings. The largest absolute Gasteiger partial charge is 0.338 e. The number of urea groups is 1. The topological polar surface area (TPSA) is 41.1 Å². The van der Waals surface area contributed by atoms with Gasteiger partial charge < -0.3 is 10.6 Å². The van der Waals surface area contributed by atoms with E-state index in [1.807, 2.05) is 0 Å². The predicted molar refractivity (Wildman–Crippen MR) is 71.1 cm³/mol. The van der Waals surface area contributed by atoms with Gasteiger partial charge in [0, 0.05) is 19.5 Å². The van der Waals surface area contributed by atoms with Crippen molar-refractivity contribution in [3.05, 3.63) is 35.6 Å². The van der Waals surface area contributed by atoms with Gasteiger partial charge in [-0.1, -0.05) is 12.1 Å². The van der Waals surface area contributed by atoms with Crippen LogP contribution in [0.4, 0.5) is 18.0 Å². The molecule has 0 unspecified atom stereocenters. The Labute approximate surface area is 116 Å². The average Bonchev–Trinajstić information content (AvgIpc) is 2.36. The second kappa shape index (κ2) is 7.77. The molecule has 0 aromatic heterocycles. The van der Waals surface area contributed by atoms with Crippen LogP contribution < -0.4 is 10.6 Å². The van der Waals surface area contributed by atoms with E-state index in [9.17, 15) is 18.0 Å². The van der Waals surface area contributed by atoms with Crippen LogP contribution in [0, 0.1) is 5.82 Å². The van der Waals surface area contributed by atoms with Crippen LogP contribution in [0.5, 0.6) is 0 Å². The molecular weight excluding hydrogens is 269 g/mol. The molecule has 6 heteroatoms. The third-order valence-electron chi connectivity index (χ3n) is 2.69. The van der Waals surface area contributed by atoms with Gasteiger partial charge >= 0.3 is 6.03 Å². The highest BCUT2D eigenvalue weighted by atomic mass is 19.3. The molecule has 0 saturated carbocycles. The van der Waals surface area contributed by atoms with Crippen molar-refractivity contribution in [2.75, 3.05) is 6.54 Å². The van der Waals surface area contributed by atoms with Crippen LogP contribution >= 0.6 is 0 Å². The Balaban J connectivity index is 2.10. The Hall–Kier alpha value is -1.72. The lowest BCUT2D eigenvalue weighted by Crippen LogP contribution is -2.35. The molecule has 0 aliphatic heterocycles. The summed E-state index contributed by atoms with van der Waals surface area (Å²) in [6.45, 7) is 1.53. The second-order valence-electron chi connectivity index (χ2n) is 4.76. The van der Waals surface area contributed by atoms with Crippen LogP contribution in [-0.2, 0) is 6.54 Å². The summed E-state index contributed by atoms with van der Waals surface area (Å²) in [7, 11) is 0. The summed E-state index contributed by atoms with van der Waals surface area (Å²) in [4.78, 5) is 11.4. The minimum atomic E-state index is -2.65. The van der Waals surface area contributed by atoms with Gasteiger partial charge in [-0.3, -0.25) is 0 Å². The van der Waals surface area contributed by atoms with Crippen LogP contribution in [0.3, 0.4) is 0 Å². The molecule has 1 aromatic carbocycles. The van der Waals surface area contributed by atoms with Gasteiger partial charge in [0.05, 0.1) is 0 Å². The molecular formula is C14H19F3N2O. The fraction of sp³-hybridized carbons (Fsp3) is 0.500. The summed E-state index contributed by atoms with van der Waals surface area (Å²) in [5, 5.41) is 5.19. The highest BCUT2D eigenvalue weighted by Gasteiger charge is 2.19. The number of halogens is 3. The van der Waals surface area contributed by atoms with E-state index in [2.05, 4.69) is 10.6 Å². The minimum absolute atomic E-state index is 0.175. The van der Waals surface area contributed by atoms with Crippen molar-refractivity contribution in [2.45, 2.75) is 38.7 Å². The number of unbranched alkanes of at least 4 members (excludes halogenated alkanes) is 1. The van der Waals surface area contributed by atoms with E-state index in [0.29, 0.717) is 25.9 Å². The molecule has 2 N–H and O–H groups in total. The van der Waals surface area contributed by atoms with Crippen molar-refractivity contribution < 1.29 is 18.0 Å². The van der Waals surface area contributed by atoms with Gasteiger partial charge in [0.2, 0.25) is 5.92 Å². The van der Waals surface area contributed by atoms with E-state index in [-0.39, 0.29) is 18.3 Å². The number of nitrogens with one attached hydrogen (secondary N) is 2. The maximum Gasteiger partial charge on any atom is 0.315 e. The van der Waals surface area contributed by atoms with Gasteiger partial charge in [-0.2, -0.15) is 0 Å². The van der Waals surface area contributed by atoms with Gasteiger partial charge in [0.15, 0.2) is 0 Å². The first-order chi connectivity index (χ1) is 9.37. The first kappa shape index (κ1) is 16.3. The van der Waals surface area contributed by atoms with Crippen molar-refractivity contribution in [3.63, 3.8) is 0 Å². The normalized spacial score (nSPS) is 11.2. The molecule has 20 heavy (non-hydrogen) atoms. The molecule has 0 radical (unpaired) electrons. The van der Waals surface area contributed by atoms with Crippen LogP contribution in [0.25, 0.3) is 0 Å². The van der Waals surface area contributed by atoms with Gasteiger partial charge in [-0.05, 0) is 37.5 Å². The van der Waals surface area contributed by atoms with E-state index in [0.717, 1.165) is 12.5 Å². The van der Waals surface area contributed by atoms with Crippen LogP contribution in [0.15, 0.2) is 24.3 Å². The Morgan fingerprint density at radius 1 is 1.15 bits per heavy atom. The molecule has 0 heterocycles. The van der Waals surface area contributed by atoms with Crippen molar-refractivity contribution >= 4 is 6.03 Å². The SMILES string of the molecule is CC(F)(F)CCCCNC(=O)NCc1ccc(F)cc1. The number of carbonyl (C=O) groups is 1. The number of alkyl halides is 2. The molecule has 2 amide bonds. The summed E-state index contributed by atoms with van der Waals surface area (Å²) >= 11 is 0. The third-order valence-corrected chi connectivity index (χ3v) is 2.69. The van der Waals surface area contributed by atoms with Crippen molar-refractivity contribution in [3.8, 4) is 0 Å². The molecule has 0 aliphatic carbocycles. The van der Waals surface area contributed by atoms with Crippen LogP contribution in [-0.4, -0.2) is 18.5 Å². The summed E-state index contributed by atoms with van der Waals surface area (Å²) < 4.78 is 37.7. The number of hydrogen-bond acceptors (Lipinski definition) is 1. The number of carbonyl (C=O) groups excluding carboxylic acids is 1. The lowest BCUT2D eigenvalue weighted by Gasteiger charge is -2.10. The molecule has 3 nitrogen and oxygen atoms in total. The maximum absolute atomic E-state index is 12.7. The first-order valence-electron chi connectivity index (χ1n) is 6.51. The van der Waals surface area contributed by atoms with Gasteiger partial charge in [0.25, 0.3) is 0 Å². The van der Waals surface area contributed by atoms with Gasteiger partial charge in [-0.15, -0.1) is 0 Å². The summed E-state index contributed by atoms with van der Waals surface area (Å²) in [5.74, 6) is -2.98. The standard InChI is InChI=1S/C14H19F3N2O/c1-14(16,17)8-2-3-9-18-13(20)19-10-11-4-6-12(15)7-5-11/h4-7H,2-3,8-10H2,1H3,(H2,18,19,20). The molecule has 0 saturated heterocycles. The van der Waals surface area contributed by atoms with Crippen LogP contribution in [0.1, 0.15) is 31.7 Å². The Morgan fingerprint density at radius 2 is 1.80 bits per heavy atom. The van der Waals surface area contributed by atoms with Gasteiger partial charge in [-0.25, -0.2) is 18.0 Å².